The lowest BCUT2D eigenvalue weighted by Gasteiger charge is -2.21. The maximum atomic E-state index is 13.1. The predicted molar refractivity (Wildman–Crippen MR) is 148 cm³/mol. The first-order chi connectivity index (χ1) is 18.7. The van der Waals surface area contributed by atoms with Crippen LogP contribution in [0.25, 0.3) is 27.9 Å². The van der Waals surface area contributed by atoms with Crippen LogP contribution in [0.2, 0.25) is 0 Å². The fourth-order valence-electron chi connectivity index (χ4n) is 4.36. The number of carbonyl (C=O) groups is 2. The molecule has 0 bridgehead atoms. The minimum Gasteiger partial charge on any atom is -0.462 e. The van der Waals surface area contributed by atoms with Crippen molar-refractivity contribution < 1.29 is 19.1 Å². The Kier molecular flexibility index (Phi) is 6.78. The van der Waals surface area contributed by atoms with Gasteiger partial charge in [0.05, 0.1) is 18.5 Å². The van der Waals surface area contributed by atoms with E-state index in [0.29, 0.717) is 40.3 Å². The summed E-state index contributed by atoms with van der Waals surface area (Å²) in [5, 5.41) is 5.19. The average molecular weight is 527 g/mol. The van der Waals surface area contributed by atoms with Gasteiger partial charge in [0, 0.05) is 43.0 Å². The first kappa shape index (κ1) is 25.9. The fraction of sp³-hybridized carbons (Fsp3) is 0.276. The summed E-state index contributed by atoms with van der Waals surface area (Å²) < 4.78 is 13.9. The molecule has 4 heterocycles. The van der Waals surface area contributed by atoms with Gasteiger partial charge in [-0.05, 0) is 45.4 Å². The standard InChI is InChI=1S/C29H30N6O4/c1-6-38-27(36)21-16-31-35-24(33(5)17-19-11-8-7-9-12-19)15-23(32-26(21)35)22-18-34(28(37)39-29(2,3)4)25-20(22)13-10-14-30-25/h7-16,18H,6,17H2,1-5H3. The van der Waals surface area contributed by atoms with Crippen LogP contribution in [0.1, 0.15) is 43.6 Å². The zero-order chi connectivity index (χ0) is 27.7. The minimum absolute atomic E-state index is 0.228. The molecule has 4 aromatic heterocycles. The Balaban J connectivity index is 1.70. The molecule has 0 saturated heterocycles. The number of aromatic nitrogens is 5. The van der Waals surface area contributed by atoms with Crippen LogP contribution in [0.3, 0.4) is 0 Å². The van der Waals surface area contributed by atoms with E-state index in [9.17, 15) is 9.59 Å². The molecule has 0 amide bonds. The molecule has 10 nitrogen and oxygen atoms in total. The molecule has 0 N–H and O–H groups in total. The van der Waals surface area contributed by atoms with Crippen molar-refractivity contribution >= 4 is 34.6 Å². The van der Waals surface area contributed by atoms with E-state index < -0.39 is 17.7 Å². The van der Waals surface area contributed by atoms with Gasteiger partial charge in [-0.3, -0.25) is 0 Å². The van der Waals surface area contributed by atoms with Crippen molar-refractivity contribution in [3.63, 3.8) is 0 Å². The zero-order valence-electron chi connectivity index (χ0n) is 22.6. The van der Waals surface area contributed by atoms with Crippen molar-refractivity contribution in [2.75, 3.05) is 18.6 Å². The molecule has 0 aliphatic rings. The Hall–Kier alpha value is -4.73. The molecule has 0 spiro atoms. The molecule has 0 radical (unpaired) electrons. The molecule has 5 aromatic rings. The summed E-state index contributed by atoms with van der Waals surface area (Å²) >= 11 is 0. The first-order valence-corrected chi connectivity index (χ1v) is 12.7. The number of fused-ring (bicyclic) bond motifs is 2. The molecular formula is C29H30N6O4. The number of carbonyl (C=O) groups excluding carboxylic acids is 2. The highest BCUT2D eigenvalue weighted by molar-refractivity contribution is 6.00. The number of pyridine rings is 1. The largest absolute Gasteiger partial charge is 0.462 e. The van der Waals surface area contributed by atoms with E-state index in [1.807, 2.05) is 75.2 Å². The lowest BCUT2D eigenvalue weighted by Crippen LogP contribution is -2.26. The van der Waals surface area contributed by atoms with Crippen molar-refractivity contribution in [2.45, 2.75) is 39.8 Å². The molecular weight excluding hydrogens is 496 g/mol. The van der Waals surface area contributed by atoms with Gasteiger partial charge in [0.1, 0.15) is 22.6 Å². The van der Waals surface area contributed by atoms with Gasteiger partial charge in [-0.2, -0.15) is 9.61 Å². The van der Waals surface area contributed by atoms with Crippen molar-refractivity contribution in [2.24, 2.45) is 0 Å². The van der Waals surface area contributed by atoms with Crippen molar-refractivity contribution in [3.05, 3.63) is 78.2 Å². The zero-order valence-corrected chi connectivity index (χ0v) is 22.6. The highest BCUT2D eigenvalue weighted by Gasteiger charge is 2.25. The van der Waals surface area contributed by atoms with Crippen LogP contribution in [-0.2, 0) is 16.0 Å². The second-order valence-corrected chi connectivity index (χ2v) is 10.1. The van der Waals surface area contributed by atoms with Crippen LogP contribution in [0.5, 0.6) is 0 Å². The van der Waals surface area contributed by atoms with Gasteiger partial charge in [-0.25, -0.2) is 24.1 Å². The van der Waals surface area contributed by atoms with E-state index in [0.717, 1.165) is 5.56 Å². The average Bonchev–Trinajstić information content (AvgIpc) is 3.50. The molecule has 1 aromatic carbocycles. The lowest BCUT2D eigenvalue weighted by molar-refractivity contribution is 0.0523. The summed E-state index contributed by atoms with van der Waals surface area (Å²) in [6, 6.07) is 15.6. The van der Waals surface area contributed by atoms with E-state index in [1.165, 1.54) is 10.8 Å². The van der Waals surface area contributed by atoms with Gasteiger partial charge in [0.25, 0.3) is 0 Å². The molecule has 0 unspecified atom stereocenters. The van der Waals surface area contributed by atoms with Crippen molar-refractivity contribution in [1.82, 2.24) is 24.1 Å². The Bertz CT molecular complexity index is 1670. The van der Waals surface area contributed by atoms with Gasteiger partial charge in [0.2, 0.25) is 0 Å². The summed E-state index contributed by atoms with van der Waals surface area (Å²) in [5.41, 5.74) is 2.68. The number of nitrogens with zero attached hydrogens (tertiary/aromatic N) is 6. The molecule has 10 heteroatoms. The molecule has 5 rings (SSSR count). The Morgan fingerprint density at radius 2 is 1.82 bits per heavy atom. The Morgan fingerprint density at radius 1 is 1.05 bits per heavy atom. The second-order valence-electron chi connectivity index (χ2n) is 10.1. The van der Waals surface area contributed by atoms with Crippen molar-refractivity contribution in [3.8, 4) is 11.3 Å². The second kappa shape index (κ2) is 10.2. The highest BCUT2D eigenvalue weighted by Crippen LogP contribution is 2.32. The van der Waals surface area contributed by atoms with Crippen LogP contribution in [0, 0.1) is 0 Å². The maximum Gasteiger partial charge on any atom is 0.420 e. The van der Waals surface area contributed by atoms with Crippen LogP contribution in [0.4, 0.5) is 10.6 Å². The molecule has 200 valence electrons. The van der Waals surface area contributed by atoms with Gasteiger partial charge in [-0.1, -0.05) is 30.3 Å². The summed E-state index contributed by atoms with van der Waals surface area (Å²) in [6.45, 7) is 8.00. The Labute approximate surface area is 225 Å². The van der Waals surface area contributed by atoms with E-state index in [-0.39, 0.29) is 12.2 Å². The minimum atomic E-state index is -0.681. The molecule has 0 aliphatic carbocycles. The van der Waals surface area contributed by atoms with E-state index in [1.54, 1.807) is 29.9 Å². The maximum absolute atomic E-state index is 13.1. The number of benzene rings is 1. The third-order valence-electron chi connectivity index (χ3n) is 6.03. The molecule has 39 heavy (non-hydrogen) atoms. The summed E-state index contributed by atoms with van der Waals surface area (Å²) in [4.78, 5) is 37.2. The van der Waals surface area contributed by atoms with Crippen LogP contribution >= 0.6 is 0 Å². The number of anilines is 1. The molecule has 0 aliphatic heterocycles. The number of rotatable bonds is 6. The first-order valence-electron chi connectivity index (χ1n) is 12.7. The fourth-order valence-corrected chi connectivity index (χ4v) is 4.36. The van der Waals surface area contributed by atoms with Gasteiger partial charge >= 0.3 is 12.1 Å². The smallest absolute Gasteiger partial charge is 0.420 e. The summed E-state index contributed by atoms with van der Waals surface area (Å²) in [6.07, 6.45) is 4.22. The Morgan fingerprint density at radius 3 is 2.54 bits per heavy atom. The van der Waals surface area contributed by atoms with Crippen molar-refractivity contribution in [1.29, 1.82) is 0 Å². The predicted octanol–water partition coefficient (Wildman–Crippen LogP) is 5.34. The third kappa shape index (κ3) is 5.18. The van der Waals surface area contributed by atoms with Gasteiger partial charge in [0.15, 0.2) is 5.65 Å². The normalized spacial score (nSPS) is 11.6. The quantitative estimate of drug-likeness (QED) is 0.273. The SMILES string of the molecule is CCOC(=O)c1cnn2c(N(C)Cc3ccccc3)cc(-c3cn(C(=O)OC(C)(C)C)c4ncccc34)nc12. The van der Waals surface area contributed by atoms with E-state index >= 15 is 0 Å². The van der Waals surface area contributed by atoms with Gasteiger partial charge in [-0.15, -0.1) is 0 Å². The number of esters is 1. The molecule has 0 atom stereocenters. The monoisotopic (exact) mass is 526 g/mol. The van der Waals surface area contributed by atoms with Crippen LogP contribution in [0.15, 0.2) is 67.1 Å². The van der Waals surface area contributed by atoms with Crippen LogP contribution < -0.4 is 4.90 Å². The number of hydrogen-bond acceptors (Lipinski definition) is 8. The van der Waals surface area contributed by atoms with Crippen LogP contribution in [-0.4, -0.2) is 55.5 Å². The summed E-state index contributed by atoms with van der Waals surface area (Å²) in [7, 11) is 1.95. The lowest BCUT2D eigenvalue weighted by atomic mass is 10.1. The third-order valence-corrected chi connectivity index (χ3v) is 6.03. The number of ether oxygens (including phenoxy) is 2. The topological polar surface area (TPSA) is 104 Å². The highest BCUT2D eigenvalue weighted by atomic mass is 16.6. The van der Waals surface area contributed by atoms with E-state index in [4.69, 9.17) is 14.5 Å². The molecule has 0 fully saturated rings. The molecule has 0 saturated carbocycles. The summed E-state index contributed by atoms with van der Waals surface area (Å²) in [5.74, 6) is 0.197. The van der Waals surface area contributed by atoms with E-state index in [2.05, 4.69) is 10.1 Å². The van der Waals surface area contributed by atoms with Gasteiger partial charge < -0.3 is 14.4 Å². The number of hydrogen-bond donors (Lipinski definition) is 0.